The first-order valence-corrected chi connectivity index (χ1v) is 9.42. The van der Waals surface area contributed by atoms with Crippen molar-refractivity contribution in [2.24, 2.45) is 0 Å². The molecule has 0 spiro atoms. The van der Waals surface area contributed by atoms with Gasteiger partial charge in [0.15, 0.2) is 0 Å². The molecule has 0 bridgehead atoms. The van der Waals surface area contributed by atoms with Crippen LogP contribution in [0.3, 0.4) is 0 Å². The number of nitrogens with zero attached hydrogens (tertiary/aromatic N) is 2. The lowest BCUT2D eigenvalue weighted by atomic mass is 9.96. The van der Waals surface area contributed by atoms with Crippen molar-refractivity contribution in [3.63, 3.8) is 0 Å². The van der Waals surface area contributed by atoms with Crippen molar-refractivity contribution in [1.29, 1.82) is 0 Å². The highest BCUT2D eigenvalue weighted by Crippen LogP contribution is 2.37. The summed E-state index contributed by atoms with van der Waals surface area (Å²) in [6, 6.07) is 17.2. The predicted octanol–water partition coefficient (Wildman–Crippen LogP) is 5.81. The monoisotopic (exact) mass is 389 g/mol. The maximum absolute atomic E-state index is 11.1. The minimum atomic E-state index is -0.269. The van der Waals surface area contributed by atoms with Crippen LogP contribution in [-0.2, 0) is 0 Å². The van der Waals surface area contributed by atoms with Crippen molar-refractivity contribution < 1.29 is 5.11 Å². The molecule has 5 heteroatoms. The van der Waals surface area contributed by atoms with E-state index in [4.69, 9.17) is 11.6 Å². The highest BCUT2D eigenvalue weighted by Gasteiger charge is 2.20. The summed E-state index contributed by atoms with van der Waals surface area (Å²) in [6.45, 7) is 3.92. The molecule has 0 radical (unpaired) electrons. The van der Waals surface area contributed by atoms with Gasteiger partial charge in [-0.3, -0.25) is 4.98 Å². The molecule has 28 heavy (non-hydrogen) atoms. The Morgan fingerprint density at radius 1 is 0.964 bits per heavy atom. The lowest BCUT2D eigenvalue weighted by molar-refractivity contribution is 0.471. The summed E-state index contributed by atoms with van der Waals surface area (Å²) < 4.78 is 0. The molecule has 0 amide bonds. The van der Waals surface area contributed by atoms with Gasteiger partial charge in [-0.1, -0.05) is 29.8 Å². The van der Waals surface area contributed by atoms with Gasteiger partial charge in [-0.05, 0) is 61.4 Å². The average Bonchev–Trinajstić information content (AvgIpc) is 2.69. The number of nitrogens with one attached hydrogen (secondary N) is 1. The highest BCUT2D eigenvalue weighted by molar-refractivity contribution is 6.30. The van der Waals surface area contributed by atoms with Crippen LogP contribution in [0.15, 0.2) is 67.0 Å². The number of pyridine rings is 2. The lowest BCUT2D eigenvalue weighted by Gasteiger charge is -2.23. The van der Waals surface area contributed by atoms with Gasteiger partial charge in [0.1, 0.15) is 11.3 Å². The summed E-state index contributed by atoms with van der Waals surface area (Å²) in [6.07, 6.45) is 3.50. The molecule has 4 aromatic rings. The number of aromatic nitrogens is 2. The maximum atomic E-state index is 11.1. The Bertz CT molecular complexity index is 1150. The minimum Gasteiger partial charge on any atom is -0.505 e. The fourth-order valence-corrected chi connectivity index (χ4v) is 3.59. The van der Waals surface area contributed by atoms with E-state index in [0.29, 0.717) is 10.5 Å². The molecule has 2 aromatic carbocycles. The van der Waals surface area contributed by atoms with Gasteiger partial charge in [0.2, 0.25) is 0 Å². The SMILES string of the molecule is Cc1ccc2ccc(C(Nc3ccc(Cl)cc3C)c3ccncc3)c(O)c2n1. The summed E-state index contributed by atoms with van der Waals surface area (Å²) in [7, 11) is 0. The van der Waals surface area contributed by atoms with E-state index >= 15 is 0 Å². The van der Waals surface area contributed by atoms with E-state index < -0.39 is 0 Å². The van der Waals surface area contributed by atoms with Crippen molar-refractivity contribution in [2.45, 2.75) is 19.9 Å². The number of hydrogen-bond donors (Lipinski definition) is 2. The summed E-state index contributed by atoms with van der Waals surface area (Å²) in [5, 5.41) is 16.2. The van der Waals surface area contributed by atoms with Crippen LogP contribution in [0.1, 0.15) is 28.4 Å². The molecule has 2 aromatic heterocycles. The first kappa shape index (κ1) is 18.3. The van der Waals surface area contributed by atoms with E-state index in [1.807, 2.05) is 68.4 Å². The van der Waals surface area contributed by atoms with Crippen LogP contribution in [-0.4, -0.2) is 15.1 Å². The van der Waals surface area contributed by atoms with Crippen LogP contribution in [0.4, 0.5) is 5.69 Å². The molecule has 2 heterocycles. The number of halogens is 1. The number of rotatable bonds is 4. The van der Waals surface area contributed by atoms with Crippen molar-refractivity contribution in [3.8, 4) is 5.75 Å². The Morgan fingerprint density at radius 2 is 1.71 bits per heavy atom. The van der Waals surface area contributed by atoms with Gasteiger partial charge in [-0.15, -0.1) is 0 Å². The second-order valence-electron chi connectivity index (χ2n) is 6.84. The topological polar surface area (TPSA) is 58.0 Å². The summed E-state index contributed by atoms with van der Waals surface area (Å²) >= 11 is 6.11. The molecule has 4 nitrogen and oxygen atoms in total. The molecule has 0 aliphatic rings. The van der Waals surface area contributed by atoms with Crippen molar-refractivity contribution >= 4 is 28.2 Å². The molecule has 0 saturated heterocycles. The van der Waals surface area contributed by atoms with Gasteiger partial charge in [0, 0.05) is 39.7 Å². The number of phenolic OH excluding ortho intramolecular Hbond substituents is 1. The highest BCUT2D eigenvalue weighted by atomic mass is 35.5. The summed E-state index contributed by atoms with van der Waals surface area (Å²) in [5.74, 6) is 0.183. The van der Waals surface area contributed by atoms with E-state index in [-0.39, 0.29) is 11.8 Å². The largest absolute Gasteiger partial charge is 0.505 e. The Morgan fingerprint density at radius 3 is 2.46 bits per heavy atom. The standard InChI is InChI=1S/C23H20ClN3O/c1-14-13-18(24)6-8-20(14)27-21(17-9-11-25-12-10-17)19-7-5-16-4-3-15(2)26-22(16)23(19)28/h3-13,21,27-28H,1-2H3. The van der Waals surface area contributed by atoms with Crippen LogP contribution in [0.5, 0.6) is 5.75 Å². The van der Waals surface area contributed by atoms with Gasteiger partial charge >= 0.3 is 0 Å². The summed E-state index contributed by atoms with van der Waals surface area (Å²) in [5.41, 5.74) is 5.19. The molecule has 0 aliphatic heterocycles. The zero-order valence-corrected chi connectivity index (χ0v) is 16.4. The molecular formula is C23H20ClN3O. The van der Waals surface area contributed by atoms with Crippen LogP contribution >= 0.6 is 11.6 Å². The lowest BCUT2D eigenvalue weighted by Crippen LogP contribution is -2.13. The van der Waals surface area contributed by atoms with E-state index in [0.717, 1.165) is 33.5 Å². The Hall–Kier alpha value is -3.11. The molecule has 0 fully saturated rings. The zero-order valence-electron chi connectivity index (χ0n) is 15.6. The molecule has 1 unspecified atom stereocenters. The third-order valence-electron chi connectivity index (χ3n) is 4.84. The van der Waals surface area contributed by atoms with Crippen molar-refractivity contribution in [2.75, 3.05) is 5.32 Å². The number of aromatic hydroxyl groups is 1. The predicted molar refractivity (Wildman–Crippen MR) is 114 cm³/mol. The second kappa shape index (κ2) is 7.49. The smallest absolute Gasteiger partial charge is 0.147 e. The fraction of sp³-hybridized carbons (Fsp3) is 0.130. The molecular weight excluding hydrogens is 370 g/mol. The van der Waals surface area contributed by atoms with E-state index in [1.54, 1.807) is 12.4 Å². The number of hydrogen-bond acceptors (Lipinski definition) is 4. The minimum absolute atomic E-state index is 0.183. The Balaban J connectivity index is 1.86. The maximum Gasteiger partial charge on any atom is 0.147 e. The van der Waals surface area contributed by atoms with Crippen LogP contribution < -0.4 is 5.32 Å². The Kier molecular flexibility index (Phi) is 4.88. The van der Waals surface area contributed by atoms with Crippen LogP contribution in [0, 0.1) is 13.8 Å². The van der Waals surface area contributed by atoms with Crippen LogP contribution in [0.25, 0.3) is 10.9 Å². The number of fused-ring (bicyclic) bond motifs is 1. The van der Waals surface area contributed by atoms with Gasteiger partial charge < -0.3 is 10.4 Å². The van der Waals surface area contributed by atoms with Gasteiger partial charge in [0.25, 0.3) is 0 Å². The van der Waals surface area contributed by atoms with Gasteiger partial charge in [-0.25, -0.2) is 4.98 Å². The third-order valence-corrected chi connectivity index (χ3v) is 5.08. The molecule has 140 valence electrons. The zero-order chi connectivity index (χ0) is 19.7. The molecule has 1 atom stereocenters. The second-order valence-corrected chi connectivity index (χ2v) is 7.28. The average molecular weight is 390 g/mol. The fourth-order valence-electron chi connectivity index (χ4n) is 3.36. The van der Waals surface area contributed by atoms with Crippen molar-refractivity contribution in [3.05, 3.63) is 94.4 Å². The van der Waals surface area contributed by atoms with Gasteiger partial charge in [0.05, 0.1) is 6.04 Å². The normalized spacial score (nSPS) is 12.1. The molecule has 2 N–H and O–H groups in total. The number of benzene rings is 2. The number of anilines is 1. The quantitative estimate of drug-likeness (QED) is 0.462. The molecule has 0 aliphatic carbocycles. The van der Waals surface area contributed by atoms with Crippen LogP contribution in [0.2, 0.25) is 5.02 Å². The van der Waals surface area contributed by atoms with E-state index in [9.17, 15) is 5.11 Å². The number of aryl methyl sites for hydroxylation is 2. The van der Waals surface area contributed by atoms with E-state index in [1.165, 1.54) is 0 Å². The first-order chi connectivity index (χ1) is 13.5. The third kappa shape index (κ3) is 3.51. The van der Waals surface area contributed by atoms with E-state index in [2.05, 4.69) is 15.3 Å². The first-order valence-electron chi connectivity index (χ1n) is 9.05. The summed E-state index contributed by atoms with van der Waals surface area (Å²) in [4.78, 5) is 8.66. The molecule has 4 rings (SSSR count). The Labute approximate surface area is 168 Å². The molecule has 0 saturated carbocycles. The number of phenols is 1. The van der Waals surface area contributed by atoms with Gasteiger partial charge in [-0.2, -0.15) is 0 Å². The van der Waals surface area contributed by atoms with Crippen molar-refractivity contribution in [1.82, 2.24) is 9.97 Å².